The summed E-state index contributed by atoms with van der Waals surface area (Å²) in [6.45, 7) is 2.83. The summed E-state index contributed by atoms with van der Waals surface area (Å²) < 4.78 is 20.8. The lowest BCUT2D eigenvalue weighted by molar-refractivity contribution is 0.270. The highest BCUT2D eigenvalue weighted by Crippen LogP contribution is 2.34. The van der Waals surface area contributed by atoms with Gasteiger partial charge in [-0.25, -0.2) is 18.9 Å². The summed E-state index contributed by atoms with van der Waals surface area (Å²) in [5.41, 5.74) is 3.98. The van der Waals surface area contributed by atoms with Crippen molar-refractivity contribution in [1.29, 1.82) is 0 Å². The molecule has 0 amide bonds. The van der Waals surface area contributed by atoms with Crippen LogP contribution in [-0.4, -0.2) is 57.3 Å². The van der Waals surface area contributed by atoms with E-state index >= 15 is 0 Å². The van der Waals surface area contributed by atoms with E-state index in [0.29, 0.717) is 11.9 Å². The smallest absolute Gasteiger partial charge is 0.213 e. The average Bonchev–Trinajstić information content (AvgIpc) is 3.48. The van der Waals surface area contributed by atoms with Crippen molar-refractivity contribution in [1.82, 2.24) is 24.5 Å². The van der Waals surface area contributed by atoms with Crippen molar-refractivity contribution in [2.45, 2.75) is 12.5 Å². The van der Waals surface area contributed by atoms with Crippen LogP contribution in [0.1, 0.15) is 6.42 Å². The van der Waals surface area contributed by atoms with Crippen molar-refractivity contribution in [3.05, 3.63) is 72.8 Å². The predicted octanol–water partition coefficient (Wildman–Crippen LogP) is 4.01. The van der Waals surface area contributed by atoms with Gasteiger partial charge in [-0.3, -0.25) is 0 Å². The number of ether oxygens (including phenoxy) is 1. The van der Waals surface area contributed by atoms with E-state index in [1.54, 1.807) is 25.4 Å². The number of fused-ring (bicyclic) bond motifs is 2. The number of methoxy groups -OCH3 is 1. The van der Waals surface area contributed by atoms with Gasteiger partial charge in [0.1, 0.15) is 17.3 Å². The Morgan fingerprint density at radius 1 is 1.03 bits per heavy atom. The van der Waals surface area contributed by atoms with Gasteiger partial charge >= 0.3 is 0 Å². The fourth-order valence-corrected chi connectivity index (χ4v) is 4.67. The van der Waals surface area contributed by atoms with Crippen molar-refractivity contribution in [2.24, 2.45) is 0 Å². The topological polar surface area (TPSA) is 58.8 Å². The summed E-state index contributed by atoms with van der Waals surface area (Å²) in [4.78, 5) is 13.9. The first kappa shape index (κ1) is 19.7. The molecule has 1 saturated heterocycles. The van der Waals surface area contributed by atoms with Crippen LogP contribution in [0.5, 0.6) is 5.88 Å². The third-order valence-electron chi connectivity index (χ3n) is 6.36. The highest BCUT2D eigenvalue weighted by atomic mass is 19.1. The normalized spacial score (nSPS) is 17.6. The van der Waals surface area contributed by atoms with Gasteiger partial charge < -0.3 is 14.5 Å². The fraction of sp³-hybridized carbons (Fsp3) is 0.240. The number of hydrogen-bond donors (Lipinski definition) is 0. The highest BCUT2D eigenvalue weighted by Gasteiger charge is 2.28. The van der Waals surface area contributed by atoms with Crippen LogP contribution in [-0.2, 0) is 0 Å². The molecule has 2 aliphatic heterocycles. The third kappa shape index (κ3) is 3.47. The van der Waals surface area contributed by atoms with E-state index in [-0.39, 0.29) is 5.82 Å². The zero-order valence-corrected chi connectivity index (χ0v) is 18.2. The summed E-state index contributed by atoms with van der Waals surface area (Å²) in [6.07, 6.45) is 7.22. The third-order valence-corrected chi connectivity index (χ3v) is 6.36. The summed E-state index contributed by atoms with van der Waals surface area (Å²) in [6, 6.07) is 14.7. The Morgan fingerprint density at radius 2 is 1.91 bits per heavy atom. The highest BCUT2D eigenvalue weighted by molar-refractivity contribution is 5.82. The number of hydrogen-bond acceptors (Lipinski definition) is 6. The molecule has 6 rings (SSSR count). The first-order valence-electron chi connectivity index (χ1n) is 11.0. The van der Waals surface area contributed by atoms with Gasteiger partial charge in [0.25, 0.3) is 0 Å². The van der Waals surface area contributed by atoms with Crippen LogP contribution in [0.3, 0.4) is 0 Å². The van der Waals surface area contributed by atoms with E-state index in [1.165, 1.54) is 12.1 Å². The Labute approximate surface area is 190 Å². The van der Waals surface area contributed by atoms with Crippen molar-refractivity contribution in [2.75, 3.05) is 31.6 Å². The van der Waals surface area contributed by atoms with E-state index in [4.69, 9.17) is 14.8 Å². The van der Waals surface area contributed by atoms with E-state index in [9.17, 15) is 4.39 Å². The quantitative estimate of drug-likeness (QED) is 0.476. The molecule has 5 heterocycles. The Balaban J connectivity index is 1.49. The summed E-state index contributed by atoms with van der Waals surface area (Å²) in [5.74, 6) is 1.14. The number of piperazine rings is 1. The van der Waals surface area contributed by atoms with Gasteiger partial charge in [0.2, 0.25) is 5.88 Å². The van der Waals surface area contributed by atoms with Gasteiger partial charge in [-0.15, -0.1) is 5.10 Å². The number of imidazole rings is 1. The zero-order chi connectivity index (χ0) is 22.4. The van der Waals surface area contributed by atoms with Crippen LogP contribution in [0.2, 0.25) is 0 Å². The Bertz CT molecular complexity index is 1350. The molecule has 8 heteroatoms. The van der Waals surface area contributed by atoms with Gasteiger partial charge in [0.15, 0.2) is 5.65 Å². The summed E-state index contributed by atoms with van der Waals surface area (Å²) >= 11 is 0. The van der Waals surface area contributed by atoms with Gasteiger partial charge in [-0.05, 0) is 55.1 Å². The maximum atomic E-state index is 13.6. The van der Waals surface area contributed by atoms with Crippen molar-refractivity contribution >= 4 is 11.5 Å². The molecule has 3 aromatic heterocycles. The van der Waals surface area contributed by atoms with Crippen LogP contribution in [0, 0.1) is 5.82 Å². The molecule has 2 aliphatic rings. The molecule has 4 aromatic rings. The first-order valence-corrected chi connectivity index (χ1v) is 11.0. The predicted molar refractivity (Wildman–Crippen MR) is 125 cm³/mol. The minimum atomic E-state index is -0.282. The first-order chi connectivity index (χ1) is 16.2. The number of pyridine rings is 1. The summed E-state index contributed by atoms with van der Waals surface area (Å²) in [5, 5.41) is 5.01. The largest absolute Gasteiger partial charge is 0.481 e. The standard InChI is InChI=1S/C25H23FN6O/c1-33-23-15-18(10-11-27-23)25-24(17-4-6-19(26)7-5-17)28-21-8-9-22(29-32(21)25)31-14-13-30-12-2-3-20(30)16-31/h2,4-12,15,20H,3,13-14,16H2,1H3. The second kappa shape index (κ2) is 7.88. The second-order valence-electron chi connectivity index (χ2n) is 8.32. The van der Waals surface area contributed by atoms with Gasteiger partial charge in [-0.2, -0.15) is 0 Å². The lowest BCUT2D eigenvalue weighted by Gasteiger charge is -2.38. The van der Waals surface area contributed by atoms with Crippen molar-refractivity contribution in [3.8, 4) is 28.4 Å². The van der Waals surface area contributed by atoms with Gasteiger partial charge in [0, 0.05) is 49.1 Å². The number of aromatic nitrogens is 4. The fourth-order valence-electron chi connectivity index (χ4n) is 4.67. The monoisotopic (exact) mass is 442 g/mol. The number of halogens is 1. The Kier molecular flexibility index (Phi) is 4.71. The zero-order valence-electron chi connectivity index (χ0n) is 18.2. The maximum absolute atomic E-state index is 13.6. The van der Waals surface area contributed by atoms with E-state index in [0.717, 1.165) is 60.0 Å². The molecule has 0 aliphatic carbocycles. The Morgan fingerprint density at radius 3 is 2.76 bits per heavy atom. The van der Waals surface area contributed by atoms with Crippen molar-refractivity contribution in [3.63, 3.8) is 0 Å². The second-order valence-corrected chi connectivity index (χ2v) is 8.32. The van der Waals surface area contributed by atoms with Gasteiger partial charge in [-0.1, -0.05) is 6.08 Å². The lowest BCUT2D eigenvalue weighted by Crippen LogP contribution is -2.49. The molecular formula is C25H23FN6O. The van der Waals surface area contributed by atoms with Gasteiger partial charge in [0.05, 0.1) is 12.8 Å². The molecule has 0 radical (unpaired) electrons. The molecule has 7 nitrogen and oxygen atoms in total. The van der Waals surface area contributed by atoms with Crippen LogP contribution in [0.25, 0.3) is 28.2 Å². The molecule has 1 fully saturated rings. The number of nitrogens with zero attached hydrogens (tertiary/aromatic N) is 6. The van der Waals surface area contributed by atoms with E-state index < -0.39 is 0 Å². The lowest BCUT2D eigenvalue weighted by atomic mass is 10.1. The molecule has 33 heavy (non-hydrogen) atoms. The average molecular weight is 442 g/mol. The van der Waals surface area contributed by atoms with Crippen LogP contribution in [0.15, 0.2) is 67.0 Å². The molecule has 0 saturated carbocycles. The SMILES string of the molecule is COc1cc(-c2c(-c3ccc(F)cc3)nc3ccc(N4CCN5C=CCC5C4)nn23)ccn1. The Hall–Kier alpha value is -3.94. The number of benzene rings is 1. The summed E-state index contributed by atoms with van der Waals surface area (Å²) in [7, 11) is 1.59. The maximum Gasteiger partial charge on any atom is 0.213 e. The van der Waals surface area contributed by atoms with E-state index in [1.807, 2.05) is 28.8 Å². The minimum absolute atomic E-state index is 0.282. The molecule has 1 unspecified atom stereocenters. The molecule has 0 bridgehead atoms. The van der Waals surface area contributed by atoms with Crippen LogP contribution >= 0.6 is 0 Å². The molecular weight excluding hydrogens is 419 g/mol. The number of anilines is 1. The molecule has 0 N–H and O–H groups in total. The molecule has 1 atom stereocenters. The minimum Gasteiger partial charge on any atom is -0.481 e. The molecule has 1 aromatic carbocycles. The van der Waals surface area contributed by atoms with Crippen LogP contribution < -0.4 is 9.64 Å². The van der Waals surface area contributed by atoms with Crippen LogP contribution in [0.4, 0.5) is 10.2 Å². The molecule has 0 spiro atoms. The van der Waals surface area contributed by atoms with Crippen molar-refractivity contribution < 1.29 is 9.13 Å². The van der Waals surface area contributed by atoms with E-state index in [2.05, 4.69) is 27.1 Å². The number of rotatable bonds is 4. The molecule has 166 valence electrons.